The number of pyridine rings is 1. The molecule has 2 aromatic carbocycles. The molecule has 4 aromatic rings. The van der Waals surface area contributed by atoms with E-state index in [0.29, 0.717) is 0 Å². The first-order valence-electron chi connectivity index (χ1n) is 8.95. The van der Waals surface area contributed by atoms with Crippen molar-refractivity contribution in [2.24, 2.45) is 7.05 Å². The molecule has 2 heterocycles. The third-order valence-electron chi connectivity index (χ3n) is 5.00. The highest BCUT2D eigenvalue weighted by Gasteiger charge is 2.10. The fourth-order valence-electron chi connectivity index (χ4n) is 3.64. The molecule has 0 saturated heterocycles. The second kappa shape index (κ2) is 6.64. The molecule has 0 fully saturated rings. The number of fused-ring (bicyclic) bond motifs is 1. The highest BCUT2D eigenvalue weighted by molar-refractivity contribution is 5.88. The van der Waals surface area contributed by atoms with Crippen LogP contribution in [0, 0.1) is 13.8 Å². The van der Waals surface area contributed by atoms with Crippen LogP contribution in [0.5, 0.6) is 0 Å². The Morgan fingerprint density at radius 2 is 1.50 bits per heavy atom. The van der Waals surface area contributed by atoms with Gasteiger partial charge in [0.1, 0.15) is 7.05 Å². The van der Waals surface area contributed by atoms with Gasteiger partial charge in [0.15, 0.2) is 6.20 Å². The van der Waals surface area contributed by atoms with E-state index in [9.17, 15) is 0 Å². The van der Waals surface area contributed by atoms with E-state index in [2.05, 4.69) is 115 Å². The van der Waals surface area contributed by atoms with Crippen molar-refractivity contribution in [1.29, 1.82) is 0 Å². The van der Waals surface area contributed by atoms with Gasteiger partial charge in [-0.15, -0.1) is 0 Å². The Kier molecular flexibility index (Phi) is 4.18. The summed E-state index contributed by atoms with van der Waals surface area (Å²) in [6.45, 7) is 4.35. The van der Waals surface area contributed by atoms with Crippen LogP contribution in [-0.2, 0) is 7.05 Å². The number of aromatic nitrogens is 2. The summed E-state index contributed by atoms with van der Waals surface area (Å²) in [4.78, 5) is 0. The number of hydrogen-bond donors (Lipinski definition) is 0. The molecule has 0 N–H and O–H groups in total. The van der Waals surface area contributed by atoms with E-state index < -0.39 is 0 Å². The van der Waals surface area contributed by atoms with E-state index in [4.69, 9.17) is 0 Å². The summed E-state index contributed by atoms with van der Waals surface area (Å²) in [6.07, 6.45) is 6.57. The number of nitrogens with zero attached hydrogens (tertiary/aromatic N) is 2. The summed E-state index contributed by atoms with van der Waals surface area (Å²) in [5, 5.41) is 1.27. The third-order valence-corrected chi connectivity index (χ3v) is 5.00. The average Bonchev–Trinajstić information content (AvgIpc) is 2.95. The van der Waals surface area contributed by atoms with Crippen LogP contribution in [0.2, 0.25) is 0 Å². The van der Waals surface area contributed by atoms with Crippen molar-refractivity contribution in [3.63, 3.8) is 0 Å². The molecule has 26 heavy (non-hydrogen) atoms. The molecular weight excluding hydrogens is 316 g/mol. The molecule has 0 atom stereocenters. The van der Waals surface area contributed by atoms with Gasteiger partial charge in [0, 0.05) is 29.2 Å². The maximum Gasteiger partial charge on any atom is 0.212 e. The van der Waals surface area contributed by atoms with Gasteiger partial charge in [0.25, 0.3) is 0 Å². The zero-order valence-electron chi connectivity index (χ0n) is 15.5. The van der Waals surface area contributed by atoms with Crippen LogP contribution in [0.4, 0.5) is 0 Å². The van der Waals surface area contributed by atoms with Gasteiger partial charge in [0.2, 0.25) is 5.52 Å². The van der Waals surface area contributed by atoms with E-state index in [0.717, 1.165) is 0 Å². The van der Waals surface area contributed by atoms with Crippen molar-refractivity contribution < 1.29 is 4.57 Å². The summed E-state index contributed by atoms with van der Waals surface area (Å²) in [6, 6.07) is 23.5. The minimum Gasteiger partial charge on any atom is -0.318 e. The average molecular weight is 339 g/mol. The minimum atomic E-state index is 1.21. The molecule has 0 saturated carbocycles. The highest BCUT2D eigenvalue weighted by Crippen LogP contribution is 2.23. The third kappa shape index (κ3) is 2.84. The van der Waals surface area contributed by atoms with Crippen molar-refractivity contribution in [2.75, 3.05) is 0 Å². The molecule has 0 radical (unpaired) electrons. The van der Waals surface area contributed by atoms with Crippen molar-refractivity contribution in [2.45, 2.75) is 13.8 Å². The Labute approximate surface area is 154 Å². The SMILES string of the molecule is Cc1cc(/C=C\c2cc[n+](C)c3ccccc23)c(C)n1-c1ccccc1. The molecule has 4 rings (SSSR count). The number of para-hydroxylation sites is 2. The Bertz CT molecular complexity index is 1100. The van der Waals surface area contributed by atoms with E-state index in [1.807, 2.05) is 0 Å². The fraction of sp³-hybridized carbons (Fsp3) is 0.125. The predicted molar refractivity (Wildman–Crippen MR) is 109 cm³/mol. The number of rotatable bonds is 3. The lowest BCUT2D eigenvalue weighted by molar-refractivity contribution is -0.644. The van der Waals surface area contributed by atoms with Gasteiger partial charge in [-0.3, -0.25) is 0 Å². The quantitative estimate of drug-likeness (QED) is 0.451. The molecule has 2 heteroatoms. The molecule has 2 aromatic heterocycles. The van der Waals surface area contributed by atoms with Gasteiger partial charge >= 0.3 is 0 Å². The molecule has 0 aliphatic carbocycles. The normalized spacial score (nSPS) is 11.5. The Balaban J connectivity index is 1.76. The molecule has 0 unspecified atom stereocenters. The van der Waals surface area contributed by atoms with Crippen molar-refractivity contribution in [3.05, 3.63) is 95.4 Å². The van der Waals surface area contributed by atoms with Gasteiger partial charge in [-0.2, -0.15) is 0 Å². The van der Waals surface area contributed by atoms with E-state index >= 15 is 0 Å². The summed E-state index contributed by atoms with van der Waals surface area (Å²) < 4.78 is 4.47. The van der Waals surface area contributed by atoms with Crippen molar-refractivity contribution in [3.8, 4) is 5.69 Å². The van der Waals surface area contributed by atoms with Crippen LogP contribution in [0.15, 0.2) is 72.9 Å². The van der Waals surface area contributed by atoms with Gasteiger partial charge in [-0.25, -0.2) is 4.57 Å². The first-order chi connectivity index (χ1) is 12.6. The van der Waals surface area contributed by atoms with Gasteiger partial charge in [0.05, 0.1) is 5.39 Å². The van der Waals surface area contributed by atoms with Crippen LogP contribution in [0.25, 0.3) is 28.7 Å². The van der Waals surface area contributed by atoms with E-state index in [1.54, 1.807) is 0 Å². The molecular formula is C24H23N2+. The van der Waals surface area contributed by atoms with Gasteiger partial charge in [-0.1, -0.05) is 42.5 Å². The van der Waals surface area contributed by atoms with Crippen molar-refractivity contribution >= 4 is 23.1 Å². The number of hydrogen-bond acceptors (Lipinski definition) is 0. The first kappa shape index (κ1) is 16.3. The Hall–Kier alpha value is -3.13. The van der Waals surface area contributed by atoms with Gasteiger partial charge < -0.3 is 4.57 Å². The molecule has 128 valence electrons. The molecule has 0 aliphatic rings. The number of aryl methyl sites for hydroxylation is 2. The smallest absolute Gasteiger partial charge is 0.212 e. The summed E-state index contributed by atoms with van der Waals surface area (Å²) >= 11 is 0. The maximum absolute atomic E-state index is 2.31. The predicted octanol–water partition coefficient (Wildman–Crippen LogP) is 5.24. The van der Waals surface area contributed by atoms with Crippen LogP contribution >= 0.6 is 0 Å². The molecule has 0 amide bonds. The summed E-state index contributed by atoms with van der Waals surface area (Å²) in [5.41, 5.74) is 7.45. The standard InChI is InChI=1S/C24H23N2/c1-18-17-21(19(2)26(18)22-9-5-4-6-10-22)14-13-20-15-16-25(3)24-12-8-7-11-23(20)24/h4-17H,1-3H3/q+1. The summed E-state index contributed by atoms with van der Waals surface area (Å²) in [7, 11) is 2.09. The second-order valence-electron chi connectivity index (χ2n) is 6.73. The molecule has 0 spiro atoms. The second-order valence-corrected chi connectivity index (χ2v) is 6.73. The lowest BCUT2D eigenvalue weighted by Crippen LogP contribution is -2.28. The minimum absolute atomic E-state index is 1.21. The largest absolute Gasteiger partial charge is 0.318 e. The topological polar surface area (TPSA) is 8.81 Å². The maximum atomic E-state index is 2.31. The molecule has 2 nitrogen and oxygen atoms in total. The molecule has 0 bridgehead atoms. The lowest BCUT2D eigenvalue weighted by Gasteiger charge is -2.09. The highest BCUT2D eigenvalue weighted by atomic mass is 15.0. The monoisotopic (exact) mass is 339 g/mol. The van der Waals surface area contributed by atoms with E-state index in [1.165, 1.54) is 39.1 Å². The van der Waals surface area contributed by atoms with Crippen LogP contribution < -0.4 is 4.57 Å². The van der Waals surface area contributed by atoms with Crippen LogP contribution in [0.3, 0.4) is 0 Å². The zero-order chi connectivity index (χ0) is 18.1. The van der Waals surface area contributed by atoms with Gasteiger partial charge in [-0.05, 0) is 49.2 Å². The first-order valence-corrected chi connectivity index (χ1v) is 8.95. The zero-order valence-corrected chi connectivity index (χ0v) is 15.5. The number of benzene rings is 2. The molecule has 0 aliphatic heterocycles. The Morgan fingerprint density at radius 3 is 2.31 bits per heavy atom. The lowest BCUT2D eigenvalue weighted by atomic mass is 10.1. The summed E-state index contributed by atoms with van der Waals surface area (Å²) in [5.74, 6) is 0. The van der Waals surface area contributed by atoms with E-state index in [-0.39, 0.29) is 0 Å². The van der Waals surface area contributed by atoms with Crippen LogP contribution in [0.1, 0.15) is 22.5 Å². The van der Waals surface area contributed by atoms with Crippen molar-refractivity contribution in [1.82, 2.24) is 4.57 Å². The Morgan fingerprint density at radius 1 is 0.808 bits per heavy atom. The fourth-order valence-corrected chi connectivity index (χ4v) is 3.64. The van der Waals surface area contributed by atoms with Crippen LogP contribution in [-0.4, -0.2) is 4.57 Å².